The zero-order valence-corrected chi connectivity index (χ0v) is 9.12. The molecular weight excluding hydrogens is 194 g/mol. The van der Waals surface area contributed by atoms with E-state index in [4.69, 9.17) is 10.2 Å². The summed E-state index contributed by atoms with van der Waals surface area (Å²) in [7, 11) is 2.02. The summed E-state index contributed by atoms with van der Waals surface area (Å²) in [6, 6.07) is 0. The Morgan fingerprint density at radius 1 is 1.67 bits per heavy atom. The van der Waals surface area contributed by atoms with Gasteiger partial charge in [-0.2, -0.15) is 0 Å². The van der Waals surface area contributed by atoms with Crippen molar-refractivity contribution >= 4 is 5.91 Å². The summed E-state index contributed by atoms with van der Waals surface area (Å²) >= 11 is 0. The van der Waals surface area contributed by atoms with Crippen LogP contribution in [-0.4, -0.2) is 35.5 Å². The first-order valence-electron chi connectivity index (χ1n) is 5.05. The molecule has 0 aromatic carbocycles. The standard InChI is InChI=1S/C10H15N3O2/c1-7-12-8-3-4-13(2,6-10(11)14)5-9(8)15-7/h3-6H2,1-2H3,(H-,11,14)/p+1. The summed E-state index contributed by atoms with van der Waals surface area (Å²) in [5, 5.41) is 0. The monoisotopic (exact) mass is 210 g/mol. The molecule has 1 aliphatic heterocycles. The second kappa shape index (κ2) is 3.34. The van der Waals surface area contributed by atoms with Gasteiger partial charge in [0.25, 0.3) is 5.91 Å². The number of carbonyl (C=O) groups excluding carboxylic acids is 1. The number of amides is 1. The molecule has 82 valence electrons. The number of nitrogens with zero attached hydrogens (tertiary/aromatic N) is 2. The minimum atomic E-state index is -0.266. The lowest BCUT2D eigenvalue weighted by atomic mass is 10.1. The van der Waals surface area contributed by atoms with Crippen molar-refractivity contribution in [1.29, 1.82) is 0 Å². The summed E-state index contributed by atoms with van der Waals surface area (Å²) in [5.74, 6) is 1.34. The highest BCUT2D eigenvalue weighted by atomic mass is 16.4. The average molecular weight is 210 g/mol. The van der Waals surface area contributed by atoms with Gasteiger partial charge in [-0.25, -0.2) is 4.98 Å². The molecule has 0 saturated carbocycles. The highest BCUT2D eigenvalue weighted by Crippen LogP contribution is 2.23. The van der Waals surface area contributed by atoms with Crippen LogP contribution in [0.1, 0.15) is 17.3 Å². The summed E-state index contributed by atoms with van der Waals surface area (Å²) in [6.07, 6.45) is 0.858. The van der Waals surface area contributed by atoms with Crippen molar-refractivity contribution in [1.82, 2.24) is 4.98 Å². The van der Waals surface area contributed by atoms with E-state index in [1.54, 1.807) is 0 Å². The van der Waals surface area contributed by atoms with Crippen molar-refractivity contribution < 1.29 is 13.7 Å². The van der Waals surface area contributed by atoms with Crippen molar-refractivity contribution in [3.8, 4) is 0 Å². The van der Waals surface area contributed by atoms with Crippen LogP contribution in [0.4, 0.5) is 0 Å². The van der Waals surface area contributed by atoms with Gasteiger partial charge in [0.2, 0.25) is 0 Å². The molecule has 0 saturated heterocycles. The number of hydrogen-bond acceptors (Lipinski definition) is 3. The predicted octanol–water partition coefficient (Wildman–Crippen LogP) is -0.0290. The molecule has 2 rings (SSSR count). The summed E-state index contributed by atoms with van der Waals surface area (Å²) < 4.78 is 6.13. The lowest BCUT2D eigenvalue weighted by molar-refractivity contribution is -0.917. The van der Waals surface area contributed by atoms with Crippen LogP contribution in [0.25, 0.3) is 0 Å². The largest absolute Gasteiger partial charge is 0.440 e. The third kappa shape index (κ3) is 2.02. The lowest BCUT2D eigenvalue weighted by Crippen LogP contribution is -2.51. The molecule has 5 nitrogen and oxygen atoms in total. The maximum atomic E-state index is 11.0. The maximum Gasteiger partial charge on any atom is 0.272 e. The van der Waals surface area contributed by atoms with Gasteiger partial charge in [0, 0.05) is 13.3 Å². The summed E-state index contributed by atoms with van der Waals surface area (Å²) in [5.41, 5.74) is 6.27. The highest BCUT2D eigenvalue weighted by Gasteiger charge is 2.33. The van der Waals surface area contributed by atoms with Gasteiger partial charge in [0.1, 0.15) is 6.54 Å². The van der Waals surface area contributed by atoms with Crippen LogP contribution < -0.4 is 5.73 Å². The molecule has 15 heavy (non-hydrogen) atoms. The Balaban J connectivity index is 2.20. The minimum Gasteiger partial charge on any atom is -0.440 e. The molecule has 0 bridgehead atoms. The molecule has 5 heteroatoms. The predicted molar refractivity (Wildman–Crippen MR) is 53.8 cm³/mol. The first kappa shape index (κ1) is 10.2. The van der Waals surface area contributed by atoms with Gasteiger partial charge in [0.05, 0.1) is 19.3 Å². The average Bonchev–Trinajstić information content (AvgIpc) is 2.41. The van der Waals surface area contributed by atoms with E-state index in [9.17, 15) is 4.79 Å². The molecule has 1 amide bonds. The number of hydrogen-bond donors (Lipinski definition) is 1. The van der Waals surface area contributed by atoms with E-state index in [1.165, 1.54) is 0 Å². The highest BCUT2D eigenvalue weighted by molar-refractivity contribution is 5.74. The Hall–Kier alpha value is -1.36. The molecule has 2 N–H and O–H groups in total. The van der Waals surface area contributed by atoms with Crippen LogP contribution in [0.2, 0.25) is 0 Å². The molecule has 2 heterocycles. The zero-order valence-electron chi connectivity index (χ0n) is 9.12. The third-order valence-corrected chi connectivity index (χ3v) is 2.84. The molecule has 0 radical (unpaired) electrons. The molecule has 0 fully saturated rings. The fraction of sp³-hybridized carbons (Fsp3) is 0.600. The molecule has 1 unspecified atom stereocenters. The number of aryl methyl sites for hydroxylation is 1. The van der Waals surface area contributed by atoms with E-state index in [0.29, 0.717) is 23.5 Å². The van der Waals surface area contributed by atoms with E-state index in [1.807, 2.05) is 14.0 Å². The lowest BCUT2D eigenvalue weighted by Gasteiger charge is -2.35. The number of rotatable bonds is 2. The Kier molecular flexibility index (Phi) is 2.26. The van der Waals surface area contributed by atoms with Gasteiger partial charge in [-0.05, 0) is 0 Å². The van der Waals surface area contributed by atoms with Crippen LogP contribution in [0, 0.1) is 6.92 Å². The van der Waals surface area contributed by atoms with Crippen molar-refractivity contribution in [3.63, 3.8) is 0 Å². The number of quaternary nitrogens is 1. The Morgan fingerprint density at radius 2 is 2.40 bits per heavy atom. The second-order valence-corrected chi connectivity index (χ2v) is 4.48. The number of aromatic nitrogens is 1. The van der Waals surface area contributed by atoms with E-state index in [2.05, 4.69) is 4.98 Å². The Morgan fingerprint density at radius 3 is 3.07 bits per heavy atom. The van der Waals surface area contributed by atoms with Gasteiger partial charge < -0.3 is 14.6 Å². The van der Waals surface area contributed by atoms with Crippen molar-refractivity contribution in [3.05, 3.63) is 17.3 Å². The minimum absolute atomic E-state index is 0.266. The molecular formula is C10H16N3O2+. The topological polar surface area (TPSA) is 69.1 Å². The van der Waals surface area contributed by atoms with Crippen LogP contribution in [0.15, 0.2) is 4.42 Å². The van der Waals surface area contributed by atoms with Gasteiger partial charge >= 0.3 is 0 Å². The number of oxazole rings is 1. The smallest absolute Gasteiger partial charge is 0.272 e. The van der Waals surface area contributed by atoms with Crippen LogP contribution >= 0.6 is 0 Å². The number of carbonyl (C=O) groups is 1. The number of primary amides is 1. The van der Waals surface area contributed by atoms with Crippen molar-refractivity contribution in [2.45, 2.75) is 19.9 Å². The van der Waals surface area contributed by atoms with Gasteiger partial charge in [-0.1, -0.05) is 0 Å². The van der Waals surface area contributed by atoms with Gasteiger partial charge in [-0.15, -0.1) is 0 Å². The normalized spacial score (nSPS) is 24.9. The van der Waals surface area contributed by atoms with Gasteiger partial charge in [-0.3, -0.25) is 4.79 Å². The van der Waals surface area contributed by atoms with E-state index in [0.717, 1.165) is 24.4 Å². The Bertz CT molecular complexity index is 399. The van der Waals surface area contributed by atoms with Gasteiger partial charge in [0.15, 0.2) is 18.2 Å². The Labute approximate surface area is 88.5 Å². The SMILES string of the molecule is Cc1nc2c(o1)C[N+](C)(CC(N)=O)CC2. The number of nitrogens with two attached hydrogens (primary N) is 1. The van der Waals surface area contributed by atoms with E-state index < -0.39 is 0 Å². The van der Waals surface area contributed by atoms with Crippen molar-refractivity contribution in [2.75, 3.05) is 20.1 Å². The molecule has 1 aromatic heterocycles. The second-order valence-electron chi connectivity index (χ2n) is 4.48. The first-order chi connectivity index (χ1) is 6.98. The molecule has 0 spiro atoms. The molecule has 0 aliphatic carbocycles. The number of likely N-dealkylation sites (N-methyl/N-ethyl adjacent to an activating group) is 1. The summed E-state index contributed by atoms with van der Waals surface area (Å²) in [4.78, 5) is 15.3. The summed E-state index contributed by atoms with van der Waals surface area (Å²) in [6.45, 7) is 3.80. The fourth-order valence-electron chi connectivity index (χ4n) is 2.14. The molecule has 1 aliphatic rings. The van der Waals surface area contributed by atoms with Crippen LogP contribution in [0.3, 0.4) is 0 Å². The van der Waals surface area contributed by atoms with Crippen molar-refractivity contribution in [2.24, 2.45) is 5.73 Å². The quantitative estimate of drug-likeness (QED) is 0.697. The van der Waals surface area contributed by atoms with E-state index >= 15 is 0 Å². The number of fused-ring (bicyclic) bond motifs is 1. The molecule has 1 aromatic rings. The van der Waals surface area contributed by atoms with Crippen LogP contribution in [0.5, 0.6) is 0 Å². The zero-order chi connectivity index (χ0) is 11.1. The fourth-order valence-corrected chi connectivity index (χ4v) is 2.14. The maximum absolute atomic E-state index is 11.0. The van der Waals surface area contributed by atoms with E-state index in [-0.39, 0.29) is 5.91 Å². The third-order valence-electron chi connectivity index (χ3n) is 2.84. The first-order valence-corrected chi connectivity index (χ1v) is 5.05. The van der Waals surface area contributed by atoms with Crippen LogP contribution in [-0.2, 0) is 17.8 Å². The molecule has 1 atom stereocenters.